The minimum Gasteiger partial charge on any atom is -0.474 e. The van der Waals surface area contributed by atoms with E-state index in [-0.39, 0.29) is 0 Å². The molecule has 0 unspecified atom stereocenters. The topological polar surface area (TPSA) is 47.0 Å². The molecule has 4 nitrogen and oxygen atoms in total. The van der Waals surface area contributed by atoms with E-state index in [1.165, 1.54) is 19.3 Å². The van der Waals surface area contributed by atoms with Crippen molar-refractivity contribution in [2.75, 3.05) is 5.32 Å². The third-order valence-electron chi connectivity index (χ3n) is 3.50. The average molecular weight is 269 g/mol. The highest BCUT2D eigenvalue weighted by atomic mass is 16.5. The van der Waals surface area contributed by atoms with Gasteiger partial charge in [0.2, 0.25) is 11.8 Å². The molecule has 0 atom stereocenters. The number of nitrogens with one attached hydrogen (secondary N) is 1. The molecule has 1 heterocycles. The fraction of sp³-hybridized carbons (Fsp3) is 0.375. The fourth-order valence-corrected chi connectivity index (χ4v) is 2.47. The van der Waals surface area contributed by atoms with Crippen molar-refractivity contribution in [1.29, 1.82) is 0 Å². The summed E-state index contributed by atoms with van der Waals surface area (Å²) in [5, 5.41) is 3.18. The third kappa shape index (κ3) is 3.47. The maximum absolute atomic E-state index is 5.94. The van der Waals surface area contributed by atoms with Crippen molar-refractivity contribution < 1.29 is 4.74 Å². The number of hydrogen-bond acceptors (Lipinski definition) is 4. The Bertz CT molecular complexity index is 538. The van der Waals surface area contributed by atoms with Gasteiger partial charge in [-0.15, -0.1) is 0 Å². The van der Waals surface area contributed by atoms with Crippen LogP contribution in [-0.2, 0) is 0 Å². The van der Waals surface area contributed by atoms with Crippen LogP contribution in [0.4, 0.5) is 11.6 Å². The van der Waals surface area contributed by atoms with Gasteiger partial charge >= 0.3 is 0 Å². The third-order valence-corrected chi connectivity index (χ3v) is 3.50. The molecule has 4 heteroatoms. The van der Waals surface area contributed by atoms with Crippen LogP contribution < -0.4 is 10.1 Å². The van der Waals surface area contributed by atoms with Gasteiger partial charge in [-0.05, 0) is 37.8 Å². The Morgan fingerprint density at radius 2 is 1.80 bits per heavy atom. The molecule has 1 aromatic carbocycles. The van der Waals surface area contributed by atoms with Crippen molar-refractivity contribution >= 4 is 11.6 Å². The highest BCUT2D eigenvalue weighted by Crippen LogP contribution is 2.23. The van der Waals surface area contributed by atoms with Crippen molar-refractivity contribution in [3.63, 3.8) is 0 Å². The summed E-state index contributed by atoms with van der Waals surface area (Å²) in [6.45, 7) is 0. The Morgan fingerprint density at radius 3 is 2.60 bits per heavy atom. The lowest BCUT2D eigenvalue weighted by Crippen LogP contribution is -2.20. The average Bonchev–Trinajstić information content (AvgIpc) is 2.50. The molecule has 0 aliphatic heterocycles. The molecule has 1 fully saturated rings. The number of aromatic nitrogens is 2. The number of anilines is 2. The van der Waals surface area contributed by atoms with Crippen LogP contribution in [-0.4, -0.2) is 16.1 Å². The summed E-state index contributed by atoms with van der Waals surface area (Å²) in [7, 11) is 0. The summed E-state index contributed by atoms with van der Waals surface area (Å²) in [5.41, 5.74) is 0.974. The normalized spacial score (nSPS) is 15.8. The van der Waals surface area contributed by atoms with Gasteiger partial charge < -0.3 is 10.1 Å². The molecule has 1 aromatic heterocycles. The quantitative estimate of drug-likeness (QED) is 0.913. The van der Waals surface area contributed by atoms with E-state index >= 15 is 0 Å². The van der Waals surface area contributed by atoms with Gasteiger partial charge in [0.1, 0.15) is 6.10 Å². The molecule has 0 spiro atoms. The Kier molecular flexibility index (Phi) is 4.11. The zero-order valence-corrected chi connectivity index (χ0v) is 11.5. The molecular weight excluding hydrogens is 250 g/mol. The summed E-state index contributed by atoms with van der Waals surface area (Å²) in [6.07, 6.45) is 8.14. The first-order valence-electron chi connectivity index (χ1n) is 7.22. The molecule has 0 bridgehead atoms. The standard InChI is InChI=1S/C16H19N3O/c1-3-7-13(8-4-1)18-16-17-12-11-15(19-16)20-14-9-5-2-6-10-14/h1,3-4,7-8,11-12,14H,2,5-6,9-10H2,(H,17,18,19). The van der Waals surface area contributed by atoms with Crippen molar-refractivity contribution in [3.8, 4) is 5.88 Å². The lowest BCUT2D eigenvalue weighted by Gasteiger charge is -2.22. The molecular formula is C16H19N3O. The molecule has 1 N–H and O–H groups in total. The Hall–Kier alpha value is -2.10. The monoisotopic (exact) mass is 269 g/mol. The highest BCUT2D eigenvalue weighted by molar-refractivity contribution is 5.52. The molecule has 0 amide bonds. The number of rotatable bonds is 4. The maximum Gasteiger partial charge on any atom is 0.230 e. The van der Waals surface area contributed by atoms with Gasteiger partial charge in [0, 0.05) is 18.0 Å². The van der Waals surface area contributed by atoms with Crippen LogP contribution in [0.5, 0.6) is 5.88 Å². The highest BCUT2D eigenvalue weighted by Gasteiger charge is 2.15. The molecule has 3 rings (SSSR count). The van der Waals surface area contributed by atoms with Crippen LogP contribution in [0.15, 0.2) is 42.6 Å². The van der Waals surface area contributed by atoms with Gasteiger partial charge in [0.05, 0.1) is 0 Å². The Balaban J connectivity index is 1.66. The van der Waals surface area contributed by atoms with Gasteiger partial charge in [-0.2, -0.15) is 4.98 Å². The Labute approximate surface area is 119 Å². The first-order chi connectivity index (χ1) is 9.90. The number of benzene rings is 1. The van der Waals surface area contributed by atoms with Crippen LogP contribution in [0.3, 0.4) is 0 Å². The predicted molar refractivity (Wildman–Crippen MR) is 79.3 cm³/mol. The molecule has 20 heavy (non-hydrogen) atoms. The van der Waals surface area contributed by atoms with E-state index in [1.54, 1.807) is 6.20 Å². The number of para-hydroxylation sites is 1. The molecule has 1 aliphatic rings. The summed E-state index contributed by atoms with van der Waals surface area (Å²) < 4.78 is 5.94. The second-order valence-corrected chi connectivity index (χ2v) is 5.09. The summed E-state index contributed by atoms with van der Waals surface area (Å²) in [4.78, 5) is 8.64. The molecule has 104 valence electrons. The largest absolute Gasteiger partial charge is 0.474 e. The second-order valence-electron chi connectivity index (χ2n) is 5.09. The molecule has 1 aliphatic carbocycles. The summed E-state index contributed by atoms with van der Waals surface area (Å²) in [5.74, 6) is 1.23. The molecule has 0 radical (unpaired) electrons. The first-order valence-corrected chi connectivity index (χ1v) is 7.22. The number of hydrogen-bond donors (Lipinski definition) is 1. The van der Waals surface area contributed by atoms with Crippen molar-refractivity contribution in [3.05, 3.63) is 42.6 Å². The minimum atomic E-state index is 0.309. The van der Waals surface area contributed by atoms with Crippen LogP contribution in [0.25, 0.3) is 0 Å². The number of ether oxygens (including phenoxy) is 1. The Morgan fingerprint density at radius 1 is 1.00 bits per heavy atom. The smallest absolute Gasteiger partial charge is 0.230 e. The van der Waals surface area contributed by atoms with Crippen molar-refractivity contribution in [2.24, 2.45) is 0 Å². The number of nitrogens with zero attached hydrogens (tertiary/aromatic N) is 2. The van der Waals surface area contributed by atoms with Crippen LogP contribution in [0.2, 0.25) is 0 Å². The lowest BCUT2D eigenvalue weighted by atomic mass is 9.98. The first kappa shape index (κ1) is 12.9. The predicted octanol–water partition coefficient (Wildman–Crippen LogP) is 3.93. The van der Waals surface area contributed by atoms with Crippen LogP contribution in [0, 0.1) is 0 Å². The maximum atomic E-state index is 5.94. The zero-order valence-electron chi connectivity index (χ0n) is 11.5. The summed E-state index contributed by atoms with van der Waals surface area (Å²) in [6, 6.07) is 11.7. The summed E-state index contributed by atoms with van der Waals surface area (Å²) >= 11 is 0. The van der Waals surface area contributed by atoms with E-state index in [9.17, 15) is 0 Å². The van der Waals surface area contributed by atoms with Gasteiger partial charge in [0.25, 0.3) is 0 Å². The zero-order chi connectivity index (χ0) is 13.6. The molecule has 1 saturated carbocycles. The van der Waals surface area contributed by atoms with Gasteiger partial charge in [-0.1, -0.05) is 24.6 Å². The lowest BCUT2D eigenvalue weighted by molar-refractivity contribution is 0.148. The SMILES string of the molecule is c1ccc(Nc2nccc(OC3CCCCC3)n2)cc1. The van der Waals surface area contributed by atoms with Gasteiger partial charge in [-0.3, -0.25) is 0 Å². The van der Waals surface area contributed by atoms with E-state index < -0.39 is 0 Å². The van der Waals surface area contributed by atoms with Crippen LogP contribution >= 0.6 is 0 Å². The van der Waals surface area contributed by atoms with Crippen molar-refractivity contribution in [1.82, 2.24) is 9.97 Å². The second kappa shape index (κ2) is 6.37. The van der Waals surface area contributed by atoms with E-state index in [1.807, 2.05) is 36.4 Å². The van der Waals surface area contributed by atoms with E-state index in [0.29, 0.717) is 17.9 Å². The van der Waals surface area contributed by atoms with E-state index in [2.05, 4.69) is 15.3 Å². The fourth-order valence-electron chi connectivity index (χ4n) is 2.47. The van der Waals surface area contributed by atoms with E-state index in [4.69, 9.17) is 4.74 Å². The van der Waals surface area contributed by atoms with Gasteiger partial charge in [0.15, 0.2) is 0 Å². The molecule has 0 saturated heterocycles. The minimum absolute atomic E-state index is 0.309. The van der Waals surface area contributed by atoms with E-state index in [0.717, 1.165) is 18.5 Å². The van der Waals surface area contributed by atoms with Gasteiger partial charge in [-0.25, -0.2) is 4.98 Å². The van der Waals surface area contributed by atoms with Crippen molar-refractivity contribution in [2.45, 2.75) is 38.2 Å². The van der Waals surface area contributed by atoms with Crippen LogP contribution in [0.1, 0.15) is 32.1 Å². The molecule has 2 aromatic rings.